The predicted molar refractivity (Wildman–Crippen MR) is 83.2 cm³/mol. The maximum absolute atomic E-state index is 11.8. The third kappa shape index (κ3) is 3.79. The minimum absolute atomic E-state index is 0.341. The van der Waals surface area contributed by atoms with E-state index in [2.05, 4.69) is 10.6 Å². The van der Waals surface area contributed by atoms with Crippen LogP contribution in [-0.4, -0.2) is 6.03 Å². The zero-order valence-electron chi connectivity index (χ0n) is 10.5. The molecule has 0 heterocycles. The summed E-state index contributed by atoms with van der Waals surface area (Å²) in [4.78, 5) is 11.8. The average molecular weight is 310 g/mol. The van der Waals surface area contributed by atoms with Crippen molar-refractivity contribution >= 4 is 40.6 Å². The zero-order chi connectivity index (χ0) is 14.5. The van der Waals surface area contributed by atoms with Crippen molar-refractivity contribution in [3.63, 3.8) is 0 Å². The Morgan fingerprint density at radius 1 is 1.10 bits per heavy atom. The molecule has 2 rings (SSSR count). The maximum Gasteiger partial charge on any atom is 0.319 e. The Hall–Kier alpha value is -1.91. The molecule has 6 heteroatoms. The number of benzene rings is 2. The lowest BCUT2D eigenvalue weighted by atomic mass is 10.2. The number of urea groups is 1. The number of hydrogen-bond acceptors (Lipinski definition) is 2. The van der Waals surface area contributed by atoms with Crippen molar-refractivity contribution in [1.82, 2.24) is 5.32 Å². The van der Waals surface area contributed by atoms with Gasteiger partial charge in [0.05, 0.1) is 10.7 Å². The number of carbonyl (C=O) groups excluding carboxylic acids is 1. The monoisotopic (exact) mass is 309 g/mol. The summed E-state index contributed by atoms with van der Waals surface area (Å²) < 4.78 is 0. The molecule has 0 radical (unpaired) electrons. The van der Waals surface area contributed by atoms with Crippen LogP contribution >= 0.6 is 23.2 Å². The van der Waals surface area contributed by atoms with Gasteiger partial charge in [-0.3, -0.25) is 0 Å². The van der Waals surface area contributed by atoms with Gasteiger partial charge in [-0.05, 0) is 29.8 Å². The van der Waals surface area contributed by atoms with E-state index in [1.54, 1.807) is 24.3 Å². The Kier molecular flexibility index (Phi) is 4.71. The first-order chi connectivity index (χ1) is 9.56. The summed E-state index contributed by atoms with van der Waals surface area (Å²) >= 11 is 11.9. The summed E-state index contributed by atoms with van der Waals surface area (Å²) in [5.41, 5.74) is 7.48. The largest absolute Gasteiger partial charge is 0.398 e. The molecular formula is C14H13Cl2N3O. The average Bonchev–Trinajstić information content (AvgIpc) is 2.42. The predicted octanol–water partition coefficient (Wildman–Crippen LogP) is 3.90. The van der Waals surface area contributed by atoms with Crippen LogP contribution in [-0.2, 0) is 6.54 Å². The topological polar surface area (TPSA) is 67.1 Å². The number of rotatable bonds is 3. The molecule has 0 aliphatic heterocycles. The molecule has 0 unspecified atom stereocenters. The van der Waals surface area contributed by atoms with Crippen LogP contribution in [0.5, 0.6) is 0 Å². The molecule has 104 valence electrons. The highest BCUT2D eigenvalue weighted by Crippen LogP contribution is 2.22. The van der Waals surface area contributed by atoms with Crippen LogP contribution in [0.1, 0.15) is 5.56 Å². The number of halogens is 2. The highest BCUT2D eigenvalue weighted by Gasteiger charge is 2.05. The van der Waals surface area contributed by atoms with Crippen molar-refractivity contribution in [1.29, 1.82) is 0 Å². The van der Waals surface area contributed by atoms with Crippen LogP contribution in [0.25, 0.3) is 0 Å². The molecule has 4 N–H and O–H groups in total. The molecule has 0 aromatic heterocycles. The first-order valence-electron chi connectivity index (χ1n) is 5.89. The number of hydrogen-bond donors (Lipinski definition) is 3. The van der Waals surface area contributed by atoms with Crippen molar-refractivity contribution in [2.45, 2.75) is 6.54 Å². The first kappa shape index (κ1) is 14.5. The normalized spacial score (nSPS) is 10.1. The van der Waals surface area contributed by atoms with E-state index >= 15 is 0 Å². The Labute approximate surface area is 126 Å². The van der Waals surface area contributed by atoms with E-state index in [9.17, 15) is 4.79 Å². The third-order valence-electron chi connectivity index (χ3n) is 2.66. The lowest BCUT2D eigenvalue weighted by Gasteiger charge is -2.09. The molecule has 2 aromatic carbocycles. The van der Waals surface area contributed by atoms with Gasteiger partial charge >= 0.3 is 6.03 Å². The molecule has 0 fully saturated rings. The standard InChI is InChI=1S/C14H13Cl2N3O/c15-11-4-2-1-3-9(11)8-18-14(20)19-10-5-6-13(17)12(16)7-10/h1-7H,8,17H2,(H2,18,19,20). The Morgan fingerprint density at radius 3 is 2.55 bits per heavy atom. The van der Waals surface area contributed by atoms with Crippen molar-refractivity contribution in [3.05, 3.63) is 58.1 Å². The molecule has 0 saturated heterocycles. The van der Waals surface area contributed by atoms with Crippen LogP contribution in [0.2, 0.25) is 10.0 Å². The molecule has 0 aliphatic carbocycles. The van der Waals surface area contributed by atoms with Crippen molar-refractivity contribution in [3.8, 4) is 0 Å². The van der Waals surface area contributed by atoms with Gasteiger partial charge in [0.2, 0.25) is 0 Å². The lowest BCUT2D eigenvalue weighted by molar-refractivity contribution is 0.252. The highest BCUT2D eigenvalue weighted by atomic mass is 35.5. The molecular weight excluding hydrogens is 297 g/mol. The third-order valence-corrected chi connectivity index (χ3v) is 3.35. The summed E-state index contributed by atoms with van der Waals surface area (Å²) in [6, 6.07) is 11.9. The Morgan fingerprint density at radius 2 is 1.85 bits per heavy atom. The number of carbonyl (C=O) groups is 1. The van der Waals surface area contributed by atoms with Crippen LogP contribution in [0, 0.1) is 0 Å². The molecule has 0 bridgehead atoms. The summed E-state index contributed by atoms with van der Waals surface area (Å²) in [7, 11) is 0. The number of anilines is 2. The second-order valence-electron chi connectivity index (χ2n) is 4.14. The van der Waals surface area contributed by atoms with Gasteiger partial charge < -0.3 is 16.4 Å². The minimum atomic E-state index is -0.342. The van der Waals surface area contributed by atoms with Crippen molar-refractivity contribution < 1.29 is 4.79 Å². The smallest absolute Gasteiger partial charge is 0.319 e. The number of nitrogen functional groups attached to an aromatic ring is 1. The molecule has 4 nitrogen and oxygen atoms in total. The van der Waals surface area contributed by atoms with E-state index in [0.717, 1.165) is 5.56 Å². The fourth-order valence-electron chi connectivity index (χ4n) is 1.60. The number of nitrogens with one attached hydrogen (secondary N) is 2. The van der Waals surface area contributed by atoms with Gasteiger partial charge in [-0.25, -0.2) is 4.79 Å². The van der Waals surface area contributed by atoms with E-state index in [1.165, 1.54) is 0 Å². The van der Waals surface area contributed by atoms with Gasteiger partial charge in [0.15, 0.2) is 0 Å². The quantitative estimate of drug-likeness (QED) is 0.753. The van der Waals surface area contributed by atoms with E-state index in [-0.39, 0.29) is 6.03 Å². The highest BCUT2D eigenvalue weighted by molar-refractivity contribution is 6.33. The van der Waals surface area contributed by atoms with E-state index in [0.29, 0.717) is 28.0 Å². The zero-order valence-corrected chi connectivity index (χ0v) is 12.0. The van der Waals surface area contributed by atoms with Gasteiger partial charge in [0.1, 0.15) is 0 Å². The van der Waals surface area contributed by atoms with Gasteiger partial charge in [-0.1, -0.05) is 41.4 Å². The number of amides is 2. The van der Waals surface area contributed by atoms with Gasteiger partial charge in [-0.2, -0.15) is 0 Å². The molecule has 0 aliphatic rings. The van der Waals surface area contributed by atoms with Crippen molar-refractivity contribution in [2.24, 2.45) is 0 Å². The van der Waals surface area contributed by atoms with Crippen LogP contribution in [0.4, 0.5) is 16.2 Å². The van der Waals surface area contributed by atoms with Gasteiger partial charge in [0.25, 0.3) is 0 Å². The summed E-state index contributed by atoms with van der Waals surface area (Å²) in [6.45, 7) is 0.341. The minimum Gasteiger partial charge on any atom is -0.398 e. The molecule has 2 amide bonds. The van der Waals surface area contributed by atoms with E-state index in [1.807, 2.05) is 18.2 Å². The van der Waals surface area contributed by atoms with Crippen LogP contribution in [0.3, 0.4) is 0 Å². The maximum atomic E-state index is 11.8. The van der Waals surface area contributed by atoms with E-state index < -0.39 is 0 Å². The summed E-state index contributed by atoms with van der Waals surface area (Å²) in [5.74, 6) is 0. The van der Waals surface area contributed by atoms with Crippen LogP contribution in [0.15, 0.2) is 42.5 Å². The molecule has 2 aromatic rings. The Balaban J connectivity index is 1.93. The first-order valence-corrected chi connectivity index (χ1v) is 6.65. The summed E-state index contributed by atoms with van der Waals surface area (Å²) in [6.07, 6.45) is 0. The van der Waals surface area contributed by atoms with Crippen LogP contribution < -0.4 is 16.4 Å². The fourth-order valence-corrected chi connectivity index (χ4v) is 1.98. The second kappa shape index (κ2) is 6.50. The van der Waals surface area contributed by atoms with Gasteiger partial charge in [-0.15, -0.1) is 0 Å². The van der Waals surface area contributed by atoms with Crippen molar-refractivity contribution in [2.75, 3.05) is 11.1 Å². The lowest BCUT2D eigenvalue weighted by Crippen LogP contribution is -2.28. The molecule has 0 atom stereocenters. The SMILES string of the molecule is Nc1ccc(NC(=O)NCc2ccccc2Cl)cc1Cl. The van der Waals surface area contributed by atoms with E-state index in [4.69, 9.17) is 28.9 Å². The molecule has 0 saturated carbocycles. The summed E-state index contributed by atoms with van der Waals surface area (Å²) in [5, 5.41) is 6.39. The molecule has 20 heavy (non-hydrogen) atoms. The fraction of sp³-hybridized carbons (Fsp3) is 0.0714. The Bertz CT molecular complexity index is 632. The number of nitrogens with two attached hydrogens (primary N) is 1. The molecule has 0 spiro atoms. The second-order valence-corrected chi connectivity index (χ2v) is 4.95. The van der Waals surface area contributed by atoms with Gasteiger partial charge in [0, 0.05) is 17.3 Å².